The molecule has 0 aliphatic carbocycles. The third-order valence-corrected chi connectivity index (χ3v) is 5.02. The van der Waals surface area contributed by atoms with Gasteiger partial charge in [-0.15, -0.1) is 0 Å². The number of carbonyl (C=O) groups is 3. The number of carboxylic acid groups (broad SMARTS) is 1. The second kappa shape index (κ2) is 7.92. The lowest BCUT2D eigenvalue weighted by Gasteiger charge is -2.32. The summed E-state index contributed by atoms with van der Waals surface area (Å²) >= 11 is 0. The van der Waals surface area contributed by atoms with Gasteiger partial charge in [0, 0.05) is 29.8 Å². The van der Waals surface area contributed by atoms with Crippen molar-refractivity contribution >= 4 is 34.4 Å². The number of ether oxygens (including phenoxy) is 1. The van der Waals surface area contributed by atoms with Gasteiger partial charge in [0.05, 0.1) is 6.04 Å². The van der Waals surface area contributed by atoms with Crippen LogP contribution in [-0.4, -0.2) is 53.7 Å². The quantitative estimate of drug-likeness (QED) is 0.532. The number of carboxylic acids is 1. The van der Waals surface area contributed by atoms with E-state index in [9.17, 15) is 14.4 Å². The van der Waals surface area contributed by atoms with E-state index in [0.717, 1.165) is 22.2 Å². The average Bonchev–Trinajstić information content (AvgIpc) is 3.02. The number of esters is 1. The fourth-order valence-electron chi connectivity index (χ4n) is 3.84. The topological polar surface area (TPSA) is 112 Å². The van der Waals surface area contributed by atoms with Gasteiger partial charge in [0.25, 0.3) is 0 Å². The summed E-state index contributed by atoms with van der Waals surface area (Å²) in [6, 6.07) is 5.08. The van der Waals surface area contributed by atoms with Crippen molar-refractivity contribution in [3.63, 3.8) is 0 Å². The molecule has 1 aromatic heterocycles. The summed E-state index contributed by atoms with van der Waals surface area (Å²) < 4.78 is 5.10. The van der Waals surface area contributed by atoms with E-state index in [1.165, 1.54) is 0 Å². The first kappa shape index (κ1) is 19.7. The van der Waals surface area contributed by atoms with Crippen molar-refractivity contribution in [3.05, 3.63) is 30.0 Å². The Hall–Kier alpha value is -3.03. The van der Waals surface area contributed by atoms with E-state index in [2.05, 4.69) is 10.3 Å². The van der Waals surface area contributed by atoms with Gasteiger partial charge in [-0.25, -0.2) is 0 Å². The number of H-pyrrole nitrogens is 1. The molecular weight excluding hydrogens is 362 g/mol. The number of anilines is 1. The van der Waals surface area contributed by atoms with Gasteiger partial charge in [0.15, 0.2) is 0 Å². The molecule has 0 radical (unpaired) electrons. The molecule has 28 heavy (non-hydrogen) atoms. The van der Waals surface area contributed by atoms with Gasteiger partial charge < -0.3 is 25.0 Å². The maximum atomic E-state index is 13.0. The van der Waals surface area contributed by atoms with Gasteiger partial charge in [-0.1, -0.05) is 19.9 Å². The fraction of sp³-hybridized carbons (Fsp3) is 0.450. The smallest absolute Gasteiger partial charge is 0.317 e. The second-order valence-electron chi connectivity index (χ2n) is 7.48. The van der Waals surface area contributed by atoms with Crippen molar-refractivity contribution < 1.29 is 24.2 Å². The van der Waals surface area contributed by atoms with Gasteiger partial charge in [-0.2, -0.15) is 0 Å². The number of aliphatic carboxylic acids is 1. The van der Waals surface area contributed by atoms with Crippen LogP contribution in [0.3, 0.4) is 0 Å². The van der Waals surface area contributed by atoms with Crippen molar-refractivity contribution in [2.75, 3.05) is 18.6 Å². The summed E-state index contributed by atoms with van der Waals surface area (Å²) in [6.45, 7) is 3.89. The number of carbonyl (C=O) groups excluding carboxylic acids is 2. The number of likely N-dealkylation sites (N-methyl/N-ethyl adjacent to an activating group) is 1. The van der Waals surface area contributed by atoms with E-state index in [0.29, 0.717) is 6.42 Å². The Balaban J connectivity index is 1.95. The Kier molecular flexibility index (Phi) is 5.58. The molecule has 3 N–H and O–H groups in total. The lowest BCUT2D eigenvalue weighted by atomic mass is 10.0. The minimum atomic E-state index is -1.24. The van der Waals surface area contributed by atoms with Crippen LogP contribution in [0.2, 0.25) is 0 Å². The molecule has 0 unspecified atom stereocenters. The van der Waals surface area contributed by atoms with E-state index >= 15 is 0 Å². The number of benzene rings is 1. The van der Waals surface area contributed by atoms with E-state index in [1.807, 2.05) is 50.2 Å². The fourth-order valence-corrected chi connectivity index (χ4v) is 3.84. The molecule has 8 heteroatoms. The minimum absolute atomic E-state index is 0.0518. The third-order valence-electron chi connectivity index (χ3n) is 5.02. The van der Waals surface area contributed by atoms with Crippen LogP contribution in [0.15, 0.2) is 24.4 Å². The van der Waals surface area contributed by atoms with E-state index < -0.39 is 30.4 Å². The lowest BCUT2D eigenvalue weighted by Crippen LogP contribution is -2.52. The maximum absolute atomic E-state index is 13.0. The van der Waals surface area contributed by atoms with Gasteiger partial charge in [0.1, 0.15) is 19.1 Å². The van der Waals surface area contributed by atoms with Crippen LogP contribution in [0, 0.1) is 5.92 Å². The highest BCUT2D eigenvalue weighted by Crippen LogP contribution is 2.33. The van der Waals surface area contributed by atoms with E-state index in [1.54, 1.807) is 0 Å². The minimum Gasteiger partial charge on any atom is -0.481 e. The highest BCUT2D eigenvalue weighted by Gasteiger charge is 2.32. The molecule has 0 bridgehead atoms. The van der Waals surface area contributed by atoms with Crippen LogP contribution in [0.1, 0.15) is 25.8 Å². The molecule has 3 rings (SSSR count). The van der Waals surface area contributed by atoms with Gasteiger partial charge >= 0.3 is 11.9 Å². The molecule has 8 nitrogen and oxygen atoms in total. The Morgan fingerprint density at radius 2 is 2.11 bits per heavy atom. The van der Waals surface area contributed by atoms with E-state index in [-0.39, 0.29) is 18.4 Å². The first-order valence-electron chi connectivity index (χ1n) is 9.27. The zero-order valence-electron chi connectivity index (χ0n) is 16.2. The summed E-state index contributed by atoms with van der Waals surface area (Å²) in [5.74, 6) is -2.16. The number of aromatic amines is 1. The number of amides is 1. The Morgan fingerprint density at radius 3 is 2.79 bits per heavy atom. The Morgan fingerprint density at radius 1 is 1.36 bits per heavy atom. The first-order chi connectivity index (χ1) is 13.3. The van der Waals surface area contributed by atoms with Crippen LogP contribution in [0.5, 0.6) is 0 Å². The summed E-state index contributed by atoms with van der Waals surface area (Å²) in [4.78, 5) is 40.5. The highest BCUT2D eigenvalue weighted by atomic mass is 16.5. The zero-order valence-corrected chi connectivity index (χ0v) is 16.2. The maximum Gasteiger partial charge on any atom is 0.317 e. The van der Waals surface area contributed by atoms with Crippen molar-refractivity contribution in [1.82, 2.24) is 10.3 Å². The van der Waals surface area contributed by atoms with Crippen LogP contribution >= 0.6 is 0 Å². The molecule has 150 valence electrons. The molecule has 0 saturated heterocycles. The number of rotatable bonds is 5. The molecule has 0 spiro atoms. The highest BCUT2D eigenvalue weighted by molar-refractivity contribution is 5.98. The molecule has 1 amide bonds. The summed E-state index contributed by atoms with van der Waals surface area (Å²) in [5.41, 5.74) is 2.94. The third kappa shape index (κ3) is 3.95. The molecule has 2 heterocycles. The predicted molar refractivity (Wildman–Crippen MR) is 104 cm³/mol. The number of hydrogen-bond acceptors (Lipinski definition) is 5. The van der Waals surface area contributed by atoms with Gasteiger partial charge in [-0.05, 0) is 30.0 Å². The monoisotopic (exact) mass is 387 g/mol. The Bertz CT molecular complexity index is 904. The van der Waals surface area contributed by atoms with Crippen molar-refractivity contribution in [1.29, 1.82) is 0 Å². The summed E-state index contributed by atoms with van der Waals surface area (Å²) in [7, 11) is 1.91. The number of hydrogen-bond donors (Lipinski definition) is 3. The van der Waals surface area contributed by atoms with Gasteiger partial charge in [0.2, 0.25) is 5.91 Å². The molecule has 1 aliphatic heterocycles. The molecule has 2 atom stereocenters. The van der Waals surface area contributed by atoms with E-state index in [4.69, 9.17) is 9.84 Å². The summed E-state index contributed by atoms with van der Waals surface area (Å²) in [5, 5.41) is 12.7. The zero-order chi connectivity index (χ0) is 20.4. The summed E-state index contributed by atoms with van der Waals surface area (Å²) in [6.07, 6.45) is 1.66. The van der Waals surface area contributed by atoms with Crippen molar-refractivity contribution in [2.45, 2.75) is 38.8 Å². The lowest BCUT2D eigenvalue weighted by molar-refractivity contribution is -0.152. The van der Waals surface area contributed by atoms with Crippen LogP contribution in [0.25, 0.3) is 10.9 Å². The normalized spacial score (nSPS) is 19.7. The first-order valence-corrected chi connectivity index (χ1v) is 9.27. The molecule has 2 aromatic rings. The van der Waals surface area contributed by atoms with Crippen LogP contribution in [-0.2, 0) is 25.5 Å². The van der Waals surface area contributed by atoms with Crippen LogP contribution in [0.4, 0.5) is 5.69 Å². The largest absolute Gasteiger partial charge is 0.481 e. The number of nitrogens with zero attached hydrogens (tertiary/aromatic N) is 1. The molecule has 0 saturated carbocycles. The van der Waals surface area contributed by atoms with Crippen molar-refractivity contribution in [2.24, 2.45) is 5.92 Å². The average molecular weight is 387 g/mol. The SMILES string of the molecule is CC(C)[C@H]1C(=O)N[C@H](COC(=O)CC(=O)O)Cc2c[nH]c3cccc(c23)N1C. The molecular formula is C20H25N3O5. The standard InChI is InChI=1S/C20H25N3O5/c1-11(2)19-20(27)22-13(10-28-17(26)8-16(24)25)7-12-9-21-14-5-4-6-15(18(12)14)23(19)3/h4-6,9,11,13,19,21H,7-8,10H2,1-3H3,(H,22,27)(H,24,25)/t13-,19-/m0/s1. The Labute approximate surface area is 162 Å². The predicted octanol–water partition coefficient (Wildman–Crippen LogP) is 1.69. The van der Waals surface area contributed by atoms with Crippen LogP contribution < -0.4 is 10.2 Å². The molecule has 1 aromatic carbocycles. The van der Waals surface area contributed by atoms with Crippen molar-refractivity contribution in [3.8, 4) is 0 Å². The number of aromatic nitrogens is 1. The molecule has 0 fully saturated rings. The molecule has 1 aliphatic rings. The van der Waals surface area contributed by atoms with Gasteiger partial charge in [-0.3, -0.25) is 14.4 Å². The number of nitrogens with one attached hydrogen (secondary N) is 2. The second-order valence-corrected chi connectivity index (χ2v) is 7.48.